The van der Waals surface area contributed by atoms with E-state index in [-0.39, 0.29) is 6.54 Å². The fourth-order valence-electron chi connectivity index (χ4n) is 1.15. The number of nitrogens with one attached hydrogen (secondary N) is 2. The molecule has 1 saturated heterocycles. The van der Waals surface area contributed by atoms with Crippen molar-refractivity contribution in [3.8, 4) is 0 Å². The molecule has 82 valence electrons. The predicted molar refractivity (Wildman–Crippen MR) is 59.4 cm³/mol. The van der Waals surface area contributed by atoms with Gasteiger partial charge in [0.25, 0.3) is 10.2 Å². The van der Waals surface area contributed by atoms with Crippen molar-refractivity contribution < 1.29 is 8.42 Å². The molecule has 0 aliphatic carbocycles. The van der Waals surface area contributed by atoms with Crippen molar-refractivity contribution in [1.82, 2.24) is 14.3 Å². The Labute approximate surface area is 92.9 Å². The van der Waals surface area contributed by atoms with Gasteiger partial charge in [-0.15, -0.1) is 0 Å². The predicted octanol–water partition coefficient (Wildman–Crippen LogP) is -0.365. The first kappa shape index (κ1) is 12.1. The number of hydrogen-bond acceptors (Lipinski definition) is 3. The number of nitrogens with zero attached hydrogens (tertiary/aromatic N) is 1. The molecule has 0 aromatic heterocycles. The van der Waals surface area contributed by atoms with E-state index in [9.17, 15) is 8.42 Å². The summed E-state index contributed by atoms with van der Waals surface area (Å²) in [5.74, 6) is 0. The number of piperazine rings is 1. The summed E-state index contributed by atoms with van der Waals surface area (Å²) in [4.78, 5) is 0. The number of halogens is 1. The molecule has 5 nitrogen and oxygen atoms in total. The van der Waals surface area contributed by atoms with Crippen molar-refractivity contribution >= 4 is 26.1 Å². The van der Waals surface area contributed by atoms with Gasteiger partial charge in [-0.3, -0.25) is 0 Å². The van der Waals surface area contributed by atoms with Crippen LogP contribution in [-0.2, 0) is 10.2 Å². The van der Waals surface area contributed by atoms with Crippen LogP contribution in [0.1, 0.15) is 0 Å². The summed E-state index contributed by atoms with van der Waals surface area (Å²) in [5, 5.41) is 3.09. The van der Waals surface area contributed by atoms with Gasteiger partial charge in [-0.25, -0.2) is 0 Å². The van der Waals surface area contributed by atoms with Crippen molar-refractivity contribution in [1.29, 1.82) is 0 Å². The van der Waals surface area contributed by atoms with Gasteiger partial charge < -0.3 is 5.32 Å². The van der Waals surface area contributed by atoms with Crippen LogP contribution in [0.25, 0.3) is 0 Å². The normalized spacial score (nSPS) is 19.5. The van der Waals surface area contributed by atoms with Crippen LogP contribution >= 0.6 is 15.9 Å². The number of hydrogen-bond donors (Lipinski definition) is 2. The highest BCUT2D eigenvalue weighted by atomic mass is 79.9. The highest BCUT2D eigenvalue weighted by Gasteiger charge is 2.22. The fourth-order valence-corrected chi connectivity index (χ4v) is 2.67. The zero-order valence-corrected chi connectivity index (χ0v) is 10.2. The largest absolute Gasteiger partial charge is 0.314 e. The van der Waals surface area contributed by atoms with Crippen LogP contribution in [0.3, 0.4) is 0 Å². The Bertz CT molecular complexity index is 298. The van der Waals surface area contributed by atoms with Crippen LogP contribution in [0.4, 0.5) is 0 Å². The van der Waals surface area contributed by atoms with Crippen molar-refractivity contribution in [2.24, 2.45) is 0 Å². The molecule has 14 heavy (non-hydrogen) atoms. The minimum atomic E-state index is -3.33. The molecular formula is C7H14BrN3O2S. The van der Waals surface area contributed by atoms with Gasteiger partial charge in [-0.1, -0.05) is 22.5 Å². The molecular weight excluding hydrogens is 270 g/mol. The summed E-state index contributed by atoms with van der Waals surface area (Å²) in [7, 11) is -3.33. The Kier molecular flexibility index (Phi) is 4.52. The van der Waals surface area contributed by atoms with Crippen LogP contribution < -0.4 is 10.0 Å². The first-order chi connectivity index (χ1) is 6.52. The summed E-state index contributed by atoms with van der Waals surface area (Å²) < 4.78 is 27.7. The standard InChI is InChI=1S/C7H14BrN3O2S/c1-7(8)6-10-14(12,13)11-4-2-9-3-5-11/h9-10H,1-6H2. The number of rotatable bonds is 4. The maximum Gasteiger partial charge on any atom is 0.279 e. The van der Waals surface area contributed by atoms with Gasteiger partial charge in [0.05, 0.1) is 0 Å². The maximum absolute atomic E-state index is 11.6. The van der Waals surface area contributed by atoms with E-state index in [1.807, 2.05) is 0 Å². The molecule has 0 unspecified atom stereocenters. The lowest BCUT2D eigenvalue weighted by atomic mass is 10.4. The minimum Gasteiger partial charge on any atom is -0.314 e. The maximum atomic E-state index is 11.6. The summed E-state index contributed by atoms with van der Waals surface area (Å²) in [5.41, 5.74) is 0. The van der Waals surface area contributed by atoms with Crippen LogP contribution in [0.2, 0.25) is 0 Å². The Morgan fingerprint density at radius 2 is 2.07 bits per heavy atom. The SMILES string of the molecule is C=C(Br)CNS(=O)(=O)N1CCNCC1. The summed E-state index contributed by atoms with van der Waals surface area (Å²) >= 11 is 3.10. The Balaban J connectivity index is 2.50. The molecule has 1 rings (SSSR count). The second-order valence-corrected chi connectivity index (χ2v) is 5.87. The second kappa shape index (κ2) is 5.22. The topological polar surface area (TPSA) is 61.4 Å². The molecule has 1 aliphatic rings. The highest BCUT2D eigenvalue weighted by molar-refractivity contribution is 9.11. The quantitative estimate of drug-likeness (QED) is 0.741. The first-order valence-corrected chi connectivity index (χ1v) is 6.54. The molecule has 0 aromatic rings. The Hall–Kier alpha value is 0.0500. The average Bonchev–Trinajstić information content (AvgIpc) is 2.16. The molecule has 1 fully saturated rings. The first-order valence-electron chi connectivity index (χ1n) is 4.31. The molecule has 2 N–H and O–H groups in total. The molecule has 1 heterocycles. The molecule has 0 amide bonds. The average molecular weight is 284 g/mol. The van der Waals surface area contributed by atoms with E-state index in [4.69, 9.17) is 0 Å². The van der Waals surface area contributed by atoms with Gasteiger partial charge in [-0.05, 0) is 0 Å². The van der Waals surface area contributed by atoms with Gasteiger partial charge in [0, 0.05) is 37.2 Å². The second-order valence-electron chi connectivity index (χ2n) is 2.99. The van der Waals surface area contributed by atoms with Crippen molar-refractivity contribution in [3.05, 3.63) is 11.1 Å². The molecule has 0 atom stereocenters. The fraction of sp³-hybridized carbons (Fsp3) is 0.714. The highest BCUT2D eigenvalue weighted by Crippen LogP contribution is 2.03. The van der Waals surface area contributed by atoms with E-state index >= 15 is 0 Å². The lowest BCUT2D eigenvalue weighted by Crippen LogP contribution is -2.50. The molecule has 0 bridgehead atoms. The van der Waals surface area contributed by atoms with Crippen LogP contribution in [0, 0.1) is 0 Å². The van der Waals surface area contributed by atoms with Crippen molar-refractivity contribution in [2.45, 2.75) is 0 Å². The molecule has 0 spiro atoms. The molecule has 0 radical (unpaired) electrons. The van der Waals surface area contributed by atoms with Crippen molar-refractivity contribution in [2.75, 3.05) is 32.7 Å². The van der Waals surface area contributed by atoms with Gasteiger partial charge in [0.2, 0.25) is 0 Å². The van der Waals surface area contributed by atoms with Gasteiger partial charge in [0.15, 0.2) is 0 Å². The molecule has 0 aromatic carbocycles. The van der Waals surface area contributed by atoms with E-state index < -0.39 is 10.2 Å². The molecule has 7 heteroatoms. The lowest BCUT2D eigenvalue weighted by Gasteiger charge is -2.26. The zero-order valence-electron chi connectivity index (χ0n) is 7.79. The van der Waals surface area contributed by atoms with Crippen LogP contribution in [-0.4, -0.2) is 45.4 Å². The third-order valence-electron chi connectivity index (χ3n) is 1.86. The van der Waals surface area contributed by atoms with Crippen LogP contribution in [0.15, 0.2) is 11.1 Å². The summed E-state index contributed by atoms with van der Waals surface area (Å²) in [6, 6.07) is 0. The van der Waals surface area contributed by atoms with Crippen LogP contribution in [0.5, 0.6) is 0 Å². The van der Waals surface area contributed by atoms with E-state index in [1.54, 1.807) is 0 Å². The molecule has 0 saturated carbocycles. The van der Waals surface area contributed by atoms with E-state index in [0.29, 0.717) is 30.7 Å². The Morgan fingerprint density at radius 3 is 2.57 bits per heavy atom. The van der Waals surface area contributed by atoms with E-state index in [0.717, 1.165) is 0 Å². The van der Waals surface area contributed by atoms with Crippen molar-refractivity contribution in [3.63, 3.8) is 0 Å². The third kappa shape index (κ3) is 3.66. The van der Waals surface area contributed by atoms with E-state index in [1.165, 1.54) is 4.31 Å². The lowest BCUT2D eigenvalue weighted by molar-refractivity contribution is 0.356. The molecule has 1 aliphatic heterocycles. The third-order valence-corrected chi connectivity index (χ3v) is 3.70. The summed E-state index contributed by atoms with van der Waals surface area (Å²) in [6.07, 6.45) is 0. The zero-order chi connectivity index (χ0) is 10.6. The Morgan fingerprint density at radius 1 is 1.50 bits per heavy atom. The van der Waals surface area contributed by atoms with E-state index in [2.05, 4.69) is 32.5 Å². The van der Waals surface area contributed by atoms with Gasteiger partial charge in [0.1, 0.15) is 0 Å². The van der Waals surface area contributed by atoms with Gasteiger partial charge >= 0.3 is 0 Å². The smallest absolute Gasteiger partial charge is 0.279 e. The monoisotopic (exact) mass is 283 g/mol. The summed E-state index contributed by atoms with van der Waals surface area (Å²) in [6.45, 7) is 6.24. The minimum absolute atomic E-state index is 0.228. The van der Waals surface area contributed by atoms with Gasteiger partial charge in [-0.2, -0.15) is 17.4 Å².